The highest BCUT2D eigenvalue weighted by Crippen LogP contribution is 2.29. The predicted molar refractivity (Wildman–Crippen MR) is 72.6 cm³/mol. The summed E-state index contributed by atoms with van der Waals surface area (Å²) in [6.07, 6.45) is 1.31. The number of rotatable bonds is 2. The Balaban J connectivity index is 2.16. The molecule has 3 aromatic rings. The van der Waals surface area contributed by atoms with E-state index in [2.05, 4.69) is 19.9 Å². The van der Waals surface area contributed by atoms with Gasteiger partial charge in [-0.05, 0) is 6.07 Å². The molecule has 0 fully saturated rings. The van der Waals surface area contributed by atoms with Crippen molar-refractivity contribution in [3.63, 3.8) is 0 Å². The molecule has 9 heteroatoms. The molecule has 20 heavy (non-hydrogen) atoms. The van der Waals surface area contributed by atoms with Crippen LogP contribution in [0.2, 0.25) is 0 Å². The third kappa shape index (κ3) is 1.77. The first-order valence-electron chi connectivity index (χ1n) is 5.56. The molecule has 0 aliphatic carbocycles. The van der Waals surface area contributed by atoms with Crippen molar-refractivity contribution in [2.45, 2.75) is 0 Å². The van der Waals surface area contributed by atoms with Crippen LogP contribution in [0.1, 0.15) is 0 Å². The molecule has 2 heterocycles. The molecular formula is C11H9N7O2. The number of nitrogen functional groups attached to an aromatic ring is 2. The van der Waals surface area contributed by atoms with Crippen LogP contribution in [0.4, 0.5) is 17.2 Å². The maximum Gasteiger partial charge on any atom is 0.271 e. The van der Waals surface area contributed by atoms with E-state index in [0.717, 1.165) is 0 Å². The third-order valence-corrected chi connectivity index (χ3v) is 2.82. The summed E-state index contributed by atoms with van der Waals surface area (Å²) in [5.74, 6) is 0.703. The van der Waals surface area contributed by atoms with Gasteiger partial charge in [0.1, 0.15) is 17.7 Å². The van der Waals surface area contributed by atoms with Gasteiger partial charge < -0.3 is 16.5 Å². The number of anilines is 2. The second-order valence-electron chi connectivity index (χ2n) is 4.07. The van der Waals surface area contributed by atoms with Gasteiger partial charge in [0.05, 0.1) is 4.92 Å². The number of nitrogens with zero attached hydrogens (tertiary/aromatic N) is 4. The second kappa shape index (κ2) is 4.16. The first-order valence-corrected chi connectivity index (χ1v) is 5.56. The number of hydrogen-bond acceptors (Lipinski definition) is 7. The van der Waals surface area contributed by atoms with Crippen molar-refractivity contribution in [3.8, 4) is 11.4 Å². The van der Waals surface area contributed by atoms with Gasteiger partial charge in [-0.3, -0.25) is 10.1 Å². The number of benzene rings is 1. The number of hydrogen-bond donors (Lipinski definition) is 3. The zero-order valence-corrected chi connectivity index (χ0v) is 10.1. The van der Waals surface area contributed by atoms with Crippen molar-refractivity contribution in [2.75, 3.05) is 11.5 Å². The van der Waals surface area contributed by atoms with E-state index in [-0.39, 0.29) is 17.2 Å². The maximum atomic E-state index is 10.7. The lowest BCUT2D eigenvalue weighted by molar-refractivity contribution is -0.384. The average molecular weight is 271 g/mol. The van der Waals surface area contributed by atoms with Crippen LogP contribution in [0.3, 0.4) is 0 Å². The second-order valence-corrected chi connectivity index (χ2v) is 4.07. The molecule has 0 saturated carbocycles. The summed E-state index contributed by atoms with van der Waals surface area (Å²) in [5, 5.41) is 10.7. The summed E-state index contributed by atoms with van der Waals surface area (Å²) >= 11 is 0. The number of imidazole rings is 1. The quantitative estimate of drug-likeness (QED) is 0.358. The van der Waals surface area contributed by atoms with Crippen LogP contribution in [0.5, 0.6) is 0 Å². The minimum Gasteiger partial charge on any atom is -0.398 e. The molecule has 9 nitrogen and oxygen atoms in total. The number of nitrogens with two attached hydrogens (primary N) is 2. The fourth-order valence-electron chi connectivity index (χ4n) is 1.85. The normalized spacial score (nSPS) is 10.8. The molecule has 3 rings (SSSR count). The number of nitrogens with one attached hydrogen (secondary N) is 1. The first-order chi connectivity index (χ1) is 9.56. The molecule has 2 aromatic heterocycles. The van der Waals surface area contributed by atoms with E-state index in [1.165, 1.54) is 24.5 Å². The van der Waals surface area contributed by atoms with E-state index in [1.807, 2.05) is 0 Å². The number of non-ortho nitro benzene ring substituents is 1. The van der Waals surface area contributed by atoms with Gasteiger partial charge in [0.2, 0.25) is 0 Å². The number of fused-ring (bicyclic) bond motifs is 1. The molecular weight excluding hydrogens is 262 g/mol. The van der Waals surface area contributed by atoms with E-state index < -0.39 is 4.92 Å². The van der Waals surface area contributed by atoms with Crippen LogP contribution in [-0.2, 0) is 0 Å². The van der Waals surface area contributed by atoms with Gasteiger partial charge in [-0.25, -0.2) is 15.0 Å². The Morgan fingerprint density at radius 1 is 1.25 bits per heavy atom. The Morgan fingerprint density at radius 3 is 2.70 bits per heavy atom. The highest BCUT2D eigenvalue weighted by Gasteiger charge is 2.14. The zero-order chi connectivity index (χ0) is 14.3. The topological polar surface area (TPSA) is 150 Å². The van der Waals surface area contributed by atoms with Gasteiger partial charge in [0, 0.05) is 23.4 Å². The van der Waals surface area contributed by atoms with Gasteiger partial charge in [-0.1, -0.05) is 0 Å². The van der Waals surface area contributed by atoms with E-state index in [4.69, 9.17) is 11.5 Å². The molecule has 0 atom stereocenters. The lowest BCUT2D eigenvalue weighted by Gasteiger charge is -2.01. The molecule has 0 bridgehead atoms. The highest BCUT2D eigenvalue weighted by molar-refractivity contribution is 5.86. The monoisotopic (exact) mass is 271 g/mol. The minimum atomic E-state index is -0.512. The largest absolute Gasteiger partial charge is 0.398 e. The van der Waals surface area contributed by atoms with Crippen molar-refractivity contribution >= 4 is 28.4 Å². The Bertz CT molecular complexity index is 827. The van der Waals surface area contributed by atoms with E-state index in [0.29, 0.717) is 22.6 Å². The number of H-pyrrole nitrogens is 1. The average Bonchev–Trinajstić information content (AvgIpc) is 2.83. The molecule has 0 aliphatic heterocycles. The maximum absolute atomic E-state index is 10.7. The Kier molecular flexibility index (Phi) is 2.46. The Hall–Kier alpha value is -3.23. The van der Waals surface area contributed by atoms with Crippen molar-refractivity contribution < 1.29 is 4.92 Å². The number of nitro benzene ring substituents is 1. The predicted octanol–water partition coefficient (Wildman–Crippen LogP) is 1.09. The fraction of sp³-hybridized carbons (Fsp3) is 0. The van der Waals surface area contributed by atoms with Crippen molar-refractivity contribution in [2.24, 2.45) is 0 Å². The van der Waals surface area contributed by atoms with Gasteiger partial charge in [-0.2, -0.15) is 0 Å². The summed E-state index contributed by atoms with van der Waals surface area (Å²) in [4.78, 5) is 25.2. The smallest absolute Gasteiger partial charge is 0.271 e. The molecule has 5 N–H and O–H groups in total. The van der Waals surface area contributed by atoms with Crippen LogP contribution < -0.4 is 11.5 Å². The molecule has 0 spiro atoms. The lowest BCUT2D eigenvalue weighted by Crippen LogP contribution is -1.95. The highest BCUT2D eigenvalue weighted by atomic mass is 16.6. The summed E-state index contributed by atoms with van der Waals surface area (Å²) in [7, 11) is 0. The first kappa shape index (κ1) is 11.8. The van der Waals surface area contributed by atoms with Crippen LogP contribution in [-0.4, -0.2) is 24.9 Å². The van der Waals surface area contributed by atoms with Gasteiger partial charge in [0.25, 0.3) is 5.69 Å². The van der Waals surface area contributed by atoms with Gasteiger partial charge in [-0.15, -0.1) is 0 Å². The van der Waals surface area contributed by atoms with Crippen LogP contribution in [0, 0.1) is 10.1 Å². The molecule has 0 radical (unpaired) electrons. The van der Waals surface area contributed by atoms with Crippen molar-refractivity contribution in [1.29, 1.82) is 0 Å². The van der Waals surface area contributed by atoms with Crippen molar-refractivity contribution in [1.82, 2.24) is 19.9 Å². The SMILES string of the molecule is Nc1cc([N+](=O)[O-])ccc1-c1nc2ncnc(N)c2[nH]1. The fourth-order valence-corrected chi connectivity index (χ4v) is 1.85. The standard InChI is InChI=1S/C11H9N7O2/c12-7-3-5(18(19)20)1-2-6(7)10-16-8-9(13)14-4-15-11(8)17-10/h1-4H,12H2,(H3,13,14,15,16,17). The van der Waals surface area contributed by atoms with Crippen molar-refractivity contribution in [3.05, 3.63) is 34.6 Å². The van der Waals surface area contributed by atoms with Gasteiger partial charge in [0.15, 0.2) is 11.5 Å². The molecule has 1 aromatic carbocycles. The molecule has 0 saturated heterocycles. The van der Waals surface area contributed by atoms with Crippen LogP contribution in [0.15, 0.2) is 24.5 Å². The summed E-state index contributed by atoms with van der Waals surface area (Å²) < 4.78 is 0. The summed E-state index contributed by atoms with van der Waals surface area (Å²) in [6.45, 7) is 0. The number of aromatic amines is 1. The number of aromatic nitrogens is 4. The van der Waals surface area contributed by atoms with Crippen LogP contribution in [0.25, 0.3) is 22.6 Å². The van der Waals surface area contributed by atoms with Gasteiger partial charge >= 0.3 is 0 Å². The molecule has 100 valence electrons. The van der Waals surface area contributed by atoms with E-state index in [1.54, 1.807) is 0 Å². The number of nitro groups is 1. The Labute approximate surface area is 111 Å². The summed E-state index contributed by atoms with van der Waals surface area (Å²) in [5.41, 5.74) is 13.1. The Morgan fingerprint density at radius 2 is 2.05 bits per heavy atom. The molecule has 0 unspecified atom stereocenters. The molecule has 0 aliphatic rings. The zero-order valence-electron chi connectivity index (χ0n) is 10.1. The third-order valence-electron chi connectivity index (χ3n) is 2.82. The summed E-state index contributed by atoms with van der Waals surface area (Å²) in [6, 6.07) is 4.15. The van der Waals surface area contributed by atoms with E-state index >= 15 is 0 Å². The van der Waals surface area contributed by atoms with Crippen LogP contribution >= 0.6 is 0 Å². The minimum absolute atomic E-state index is 0.0818. The molecule has 0 amide bonds. The lowest BCUT2D eigenvalue weighted by atomic mass is 10.1. The van der Waals surface area contributed by atoms with E-state index in [9.17, 15) is 10.1 Å².